The minimum absolute atomic E-state index is 0.172. The summed E-state index contributed by atoms with van der Waals surface area (Å²) in [5.41, 5.74) is 3.61. The molecular weight excluding hydrogens is 464 g/mol. The minimum Gasteiger partial charge on any atom is -0.396 e. The number of aryl methyl sites for hydroxylation is 1. The molecule has 3 aromatic rings. The molecule has 3 aromatic heterocycles. The number of aliphatic hydroxyl groups is 3. The fourth-order valence-electron chi connectivity index (χ4n) is 5.21. The lowest BCUT2D eigenvalue weighted by Crippen LogP contribution is -2.35. The molecule has 0 bridgehead atoms. The monoisotopic (exact) mass is 496 g/mol. The van der Waals surface area contributed by atoms with Crippen molar-refractivity contribution in [1.82, 2.24) is 19.9 Å². The second-order valence-corrected chi connectivity index (χ2v) is 11.3. The van der Waals surface area contributed by atoms with Crippen molar-refractivity contribution in [2.24, 2.45) is 11.8 Å². The van der Waals surface area contributed by atoms with Crippen molar-refractivity contribution < 1.29 is 15.3 Å². The molecule has 3 saturated carbocycles. The van der Waals surface area contributed by atoms with Crippen LogP contribution >= 0.6 is 11.3 Å². The van der Waals surface area contributed by atoms with Crippen molar-refractivity contribution in [1.29, 1.82) is 0 Å². The molecule has 0 saturated heterocycles. The van der Waals surface area contributed by atoms with E-state index in [4.69, 9.17) is 15.0 Å². The van der Waals surface area contributed by atoms with Crippen molar-refractivity contribution in [3.8, 4) is 10.6 Å². The maximum Gasteiger partial charge on any atom is 0.224 e. The van der Waals surface area contributed by atoms with Crippen LogP contribution in [0, 0.1) is 18.8 Å². The van der Waals surface area contributed by atoms with Gasteiger partial charge in [-0.25, -0.2) is 9.97 Å². The molecule has 35 heavy (non-hydrogen) atoms. The fourth-order valence-corrected chi connectivity index (χ4v) is 6.27. The zero-order valence-corrected chi connectivity index (χ0v) is 20.6. The van der Waals surface area contributed by atoms with E-state index >= 15 is 0 Å². The zero-order valence-electron chi connectivity index (χ0n) is 19.8. The molecule has 6 rings (SSSR count). The predicted octanol–water partition coefficient (Wildman–Crippen LogP) is 3.06. The summed E-state index contributed by atoms with van der Waals surface area (Å²) in [4.78, 5) is 19.2. The van der Waals surface area contributed by atoms with Gasteiger partial charge in [0.2, 0.25) is 5.95 Å². The van der Waals surface area contributed by atoms with Crippen LogP contribution in [0.2, 0.25) is 0 Å². The Kier molecular flexibility index (Phi) is 6.08. The van der Waals surface area contributed by atoms with Gasteiger partial charge in [0.25, 0.3) is 0 Å². The Balaban J connectivity index is 1.38. The van der Waals surface area contributed by atoms with Gasteiger partial charge in [-0.15, -0.1) is 11.3 Å². The van der Waals surface area contributed by atoms with E-state index < -0.39 is 18.2 Å². The van der Waals surface area contributed by atoms with Gasteiger partial charge in [-0.3, -0.25) is 4.98 Å². The van der Waals surface area contributed by atoms with Crippen LogP contribution in [-0.2, 0) is 0 Å². The number of fused-ring (bicyclic) bond motifs is 1. The molecule has 4 unspecified atom stereocenters. The van der Waals surface area contributed by atoms with E-state index in [9.17, 15) is 15.3 Å². The summed E-state index contributed by atoms with van der Waals surface area (Å²) in [6.45, 7) is 2.63. The molecule has 3 fully saturated rings. The van der Waals surface area contributed by atoms with Crippen molar-refractivity contribution in [2.45, 2.75) is 69.6 Å². The highest BCUT2D eigenvalue weighted by molar-refractivity contribution is 7.21. The molecular formula is C25H32N6O3S. The minimum atomic E-state index is -0.998. The first-order chi connectivity index (χ1) is 17.0. The SMILES string of the molecule is Cc1nc(NCC2CCC2)nc(NC2CC(CO)C(O)C2O)c1-c1nc2c(C3CC3)nccc2s1. The molecule has 3 heterocycles. The van der Waals surface area contributed by atoms with Crippen LogP contribution in [-0.4, -0.2) is 66.7 Å². The fraction of sp³-hybridized carbons (Fsp3) is 0.600. The smallest absolute Gasteiger partial charge is 0.224 e. The van der Waals surface area contributed by atoms with Gasteiger partial charge in [0.05, 0.1) is 33.8 Å². The van der Waals surface area contributed by atoms with Crippen LogP contribution < -0.4 is 10.6 Å². The third-order valence-corrected chi connectivity index (χ3v) is 8.77. The molecule has 9 nitrogen and oxygen atoms in total. The van der Waals surface area contributed by atoms with E-state index in [1.165, 1.54) is 19.3 Å². The standard InChI is InChI=1S/C25H32N6O3S/c1-12-18(24-30-20-17(35-24)7-8-26-19(20)14-5-6-14)23(29-16-9-15(11-32)21(33)22(16)34)31-25(28-12)27-10-13-3-2-4-13/h7-8,13-16,21-22,32-34H,2-6,9-11H2,1H3,(H2,27,28,29,31). The number of hydrogen-bond acceptors (Lipinski definition) is 10. The van der Waals surface area contributed by atoms with E-state index in [1.54, 1.807) is 11.3 Å². The number of hydrogen-bond donors (Lipinski definition) is 5. The highest BCUT2D eigenvalue weighted by atomic mass is 32.1. The summed E-state index contributed by atoms with van der Waals surface area (Å²) in [6.07, 6.45) is 6.38. The number of aliphatic hydroxyl groups excluding tert-OH is 3. The van der Waals surface area contributed by atoms with Crippen LogP contribution in [0.3, 0.4) is 0 Å². The largest absolute Gasteiger partial charge is 0.396 e. The number of nitrogens with one attached hydrogen (secondary N) is 2. The number of pyridine rings is 1. The Bertz CT molecular complexity index is 1230. The van der Waals surface area contributed by atoms with Gasteiger partial charge >= 0.3 is 0 Å². The first-order valence-electron chi connectivity index (χ1n) is 12.6. The molecule has 0 aromatic carbocycles. The van der Waals surface area contributed by atoms with Crippen molar-refractivity contribution in [3.63, 3.8) is 0 Å². The van der Waals surface area contributed by atoms with Gasteiger partial charge in [-0.1, -0.05) is 6.42 Å². The average molecular weight is 497 g/mol. The van der Waals surface area contributed by atoms with Gasteiger partial charge < -0.3 is 26.0 Å². The van der Waals surface area contributed by atoms with E-state index in [1.807, 2.05) is 19.2 Å². The van der Waals surface area contributed by atoms with Crippen LogP contribution in [0.1, 0.15) is 55.8 Å². The molecule has 5 N–H and O–H groups in total. The van der Waals surface area contributed by atoms with Gasteiger partial charge in [0.1, 0.15) is 22.4 Å². The lowest BCUT2D eigenvalue weighted by molar-refractivity contribution is 0.00446. The van der Waals surface area contributed by atoms with Crippen molar-refractivity contribution in [2.75, 3.05) is 23.8 Å². The van der Waals surface area contributed by atoms with Gasteiger partial charge in [-0.2, -0.15) is 4.98 Å². The third kappa shape index (κ3) is 4.37. The molecule has 3 aliphatic carbocycles. The summed E-state index contributed by atoms with van der Waals surface area (Å²) in [5.74, 6) is 1.91. The first kappa shape index (κ1) is 23.0. The summed E-state index contributed by atoms with van der Waals surface area (Å²) in [6, 6.07) is 1.57. The Labute approximate surface area is 208 Å². The Morgan fingerprint density at radius 1 is 1.09 bits per heavy atom. The number of aromatic nitrogens is 4. The van der Waals surface area contributed by atoms with E-state index in [0.29, 0.717) is 30.0 Å². The molecule has 3 aliphatic rings. The second-order valence-electron chi connectivity index (χ2n) is 10.3. The third-order valence-electron chi connectivity index (χ3n) is 7.74. The van der Waals surface area contributed by atoms with Crippen LogP contribution in [0.15, 0.2) is 12.3 Å². The number of anilines is 2. The summed E-state index contributed by atoms with van der Waals surface area (Å²) < 4.78 is 1.09. The Morgan fingerprint density at radius 3 is 2.60 bits per heavy atom. The van der Waals surface area contributed by atoms with Gasteiger partial charge in [0, 0.05) is 31.2 Å². The molecule has 10 heteroatoms. The lowest BCUT2D eigenvalue weighted by Gasteiger charge is -2.26. The molecule has 4 atom stereocenters. The van der Waals surface area contributed by atoms with Gasteiger partial charge in [0.15, 0.2) is 0 Å². The van der Waals surface area contributed by atoms with Gasteiger partial charge in [-0.05, 0) is 51.0 Å². The number of thiazole rings is 1. The predicted molar refractivity (Wildman–Crippen MR) is 136 cm³/mol. The molecule has 0 radical (unpaired) electrons. The summed E-state index contributed by atoms with van der Waals surface area (Å²) >= 11 is 1.60. The molecule has 186 valence electrons. The topological polar surface area (TPSA) is 136 Å². The van der Waals surface area contributed by atoms with Crippen molar-refractivity contribution >= 4 is 33.3 Å². The normalized spacial score (nSPS) is 26.7. The van der Waals surface area contributed by atoms with Crippen molar-refractivity contribution in [3.05, 3.63) is 23.7 Å². The first-order valence-corrected chi connectivity index (χ1v) is 13.4. The summed E-state index contributed by atoms with van der Waals surface area (Å²) in [7, 11) is 0. The second kappa shape index (κ2) is 9.24. The highest BCUT2D eigenvalue weighted by Crippen LogP contribution is 2.44. The van der Waals surface area contributed by atoms with E-state index in [2.05, 4.69) is 15.6 Å². The molecule has 0 amide bonds. The van der Waals surface area contributed by atoms with E-state index in [0.717, 1.165) is 51.6 Å². The Hall–Kier alpha value is -2.40. The maximum atomic E-state index is 10.7. The summed E-state index contributed by atoms with van der Waals surface area (Å²) in [5, 5.41) is 38.2. The van der Waals surface area contributed by atoms with E-state index in [-0.39, 0.29) is 12.5 Å². The molecule has 0 spiro atoms. The average Bonchev–Trinajstić information content (AvgIpc) is 3.51. The number of nitrogens with zero attached hydrogens (tertiary/aromatic N) is 4. The van der Waals surface area contributed by atoms with Crippen LogP contribution in [0.4, 0.5) is 11.8 Å². The van der Waals surface area contributed by atoms with Crippen LogP contribution in [0.25, 0.3) is 20.8 Å². The van der Waals surface area contributed by atoms with Crippen LogP contribution in [0.5, 0.6) is 0 Å². The Morgan fingerprint density at radius 2 is 1.91 bits per heavy atom. The quantitative estimate of drug-likeness (QED) is 0.319. The maximum absolute atomic E-state index is 10.7. The molecule has 0 aliphatic heterocycles. The lowest BCUT2D eigenvalue weighted by atomic mass is 9.85. The zero-order chi connectivity index (χ0) is 24.1. The highest BCUT2D eigenvalue weighted by Gasteiger charge is 2.41. The number of rotatable bonds is 8.